The van der Waals surface area contributed by atoms with Gasteiger partial charge in [0.1, 0.15) is 5.82 Å². The number of nitrogens with one attached hydrogen (secondary N) is 3. The van der Waals surface area contributed by atoms with Gasteiger partial charge < -0.3 is 10.6 Å². The Balaban J connectivity index is 0.00000364. The Morgan fingerprint density at radius 3 is 2.33 bits per heavy atom. The first-order chi connectivity index (χ1) is 12.5. The maximum absolute atomic E-state index is 13.6. The monoisotopic (exact) mass is 506 g/mol. The topological polar surface area (TPSA) is 82.6 Å². The van der Waals surface area contributed by atoms with E-state index in [-0.39, 0.29) is 34.7 Å². The Bertz CT molecular complexity index is 858. The van der Waals surface area contributed by atoms with Crippen LogP contribution in [0.15, 0.2) is 58.4 Å². The molecular formula is C18H24FIN4O2S. The van der Waals surface area contributed by atoms with E-state index in [1.807, 2.05) is 6.07 Å². The Morgan fingerprint density at radius 1 is 1.07 bits per heavy atom. The maximum atomic E-state index is 13.6. The predicted octanol–water partition coefficient (Wildman–Crippen LogP) is 2.26. The molecule has 0 atom stereocenters. The summed E-state index contributed by atoms with van der Waals surface area (Å²) in [5.74, 6) is 0.377. The highest BCUT2D eigenvalue weighted by Gasteiger charge is 2.10. The molecule has 0 aliphatic heterocycles. The van der Waals surface area contributed by atoms with E-state index in [1.165, 1.54) is 13.1 Å². The molecule has 0 fully saturated rings. The average molecular weight is 506 g/mol. The molecule has 0 bridgehead atoms. The summed E-state index contributed by atoms with van der Waals surface area (Å²) in [5.41, 5.74) is 1.56. The summed E-state index contributed by atoms with van der Waals surface area (Å²) in [7, 11) is -0.399. The van der Waals surface area contributed by atoms with E-state index in [9.17, 15) is 12.8 Å². The van der Waals surface area contributed by atoms with Crippen molar-refractivity contribution in [3.8, 4) is 0 Å². The molecule has 0 aromatic heterocycles. The van der Waals surface area contributed by atoms with Crippen molar-refractivity contribution in [3.63, 3.8) is 0 Å². The summed E-state index contributed by atoms with van der Waals surface area (Å²) < 4.78 is 39.3. The first-order valence-corrected chi connectivity index (χ1v) is 9.65. The van der Waals surface area contributed by atoms with Crippen LogP contribution < -0.4 is 15.4 Å². The Morgan fingerprint density at radius 2 is 1.74 bits per heavy atom. The smallest absolute Gasteiger partial charge is 0.240 e. The van der Waals surface area contributed by atoms with E-state index in [0.29, 0.717) is 31.0 Å². The molecule has 0 unspecified atom stereocenters. The van der Waals surface area contributed by atoms with Gasteiger partial charge in [0.25, 0.3) is 0 Å². The maximum Gasteiger partial charge on any atom is 0.240 e. The molecule has 3 N–H and O–H groups in total. The minimum absolute atomic E-state index is 0. The van der Waals surface area contributed by atoms with Crippen molar-refractivity contribution in [1.29, 1.82) is 0 Å². The van der Waals surface area contributed by atoms with Crippen LogP contribution in [-0.4, -0.2) is 35.0 Å². The third kappa shape index (κ3) is 7.07. The van der Waals surface area contributed by atoms with Crippen LogP contribution in [0.2, 0.25) is 0 Å². The minimum atomic E-state index is -3.43. The van der Waals surface area contributed by atoms with Gasteiger partial charge in [-0.05, 0) is 42.8 Å². The van der Waals surface area contributed by atoms with E-state index >= 15 is 0 Å². The van der Waals surface area contributed by atoms with Crippen LogP contribution in [0.3, 0.4) is 0 Å². The Hall–Kier alpha value is -1.72. The normalized spacial score (nSPS) is 11.6. The van der Waals surface area contributed by atoms with Crippen molar-refractivity contribution >= 4 is 40.0 Å². The van der Waals surface area contributed by atoms with E-state index in [1.54, 1.807) is 43.4 Å². The number of aliphatic imine (C=N–C) groups is 1. The molecule has 0 spiro atoms. The Kier molecular flexibility index (Phi) is 9.67. The summed E-state index contributed by atoms with van der Waals surface area (Å²) in [6.45, 7) is 1.03. The van der Waals surface area contributed by atoms with Crippen LogP contribution in [0, 0.1) is 5.82 Å². The molecule has 0 saturated heterocycles. The number of hydrogen-bond donors (Lipinski definition) is 3. The van der Waals surface area contributed by atoms with Gasteiger partial charge >= 0.3 is 0 Å². The quantitative estimate of drug-likeness (QED) is 0.306. The number of nitrogens with zero attached hydrogens (tertiary/aromatic N) is 1. The second-order valence-corrected chi connectivity index (χ2v) is 7.43. The molecule has 6 nitrogen and oxygen atoms in total. The molecule has 27 heavy (non-hydrogen) atoms. The zero-order valence-electron chi connectivity index (χ0n) is 15.2. The molecule has 0 amide bonds. The van der Waals surface area contributed by atoms with Gasteiger partial charge in [-0.2, -0.15) is 0 Å². The molecule has 0 radical (unpaired) electrons. The van der Waals surface area contributed by atoms with Gasteiger partial charge in [0.15, 0.2) is 5.96 Å². The van der Waals surface area contributed by atoms with Gasteiger partial charge in [-0.1, -0.05) is 30.3 Å². The molecule has 2 aromatic rings. The predicted molar refractivity (Wildman–Crippen MR) is 116 cm³/mol. The second-order valence-electron chi connectivity index (χ2n) is 5.55. The lowest BCUT2D eigenvalue weighted by Crippen LogP contribution is -2.37. The van der Waals surface area contributed by atoms with E-state index in [4.69, 9.17) is 0 Å². The standard InChI is InChI=1S/C18H23FN4O2S.HI/c1-20-18(22-12-11-15-5-3-4-6-17(15)19)23-13-14-7-9-16(10-8-14)26(24,25)21-2;/h3-10,21H,11-13H2,1-2H3,(H2,20,22,23);1H. The number of halogens is 2. The second kappa shape index (κ2) is 11.2. The van der Waals surface area contributed by atoms with Crippen LogP contribution in [-0.2, 0) is 23.0 Å². The fourth-order valence-corrected chi connectivity index (χ4v) is 3.06. The number of benzene rings is 2. The molecule has 2 rings (SSSR count). The van der Waals surface area contributed by atoms with Crippen LogP contribution >= 0.6 is 24.0 Å². The number of rotatable bonds is 7. The van der Waals surface area contributed by atoms with Gasteiger partial charge in [-0.15, -0.1) is 24.0 Å². The van der Waals surface area contributed by atoms with Crippen molar-refractivity contribution in [2.24, 2.45) is 4.99 Å². The number of guanidine groups is 1. The highest BCUT2D eigenvalue weighted by atomic mass is 127. The van der Waals surface area contributed by atoms with Crippen LogP contribution in [0.5, 0.6) is 0 Å². The van der Waals surface area contributed by atoms with Gasteiger partial charge in [-0.25, -0.2) is 17.5 Å². The third-order valence-corrected chi connectivity index (χ3v) is 5.26. The molecule has 9 heteroatoms. The van der Waals surface area contributed by atoms with Crippen LogP contribution in [0.25, 0.3) is 0 Å². The zero-order chi connectivity index (χ0) is 19.0. The molecule has 148 valence electrons. The third-order valence-electron chi connectivity index (χ3n) is 3.83. The molecule has 0 saturated carbocycles. The summed E-state index contributed by atoms with van der Waals surface area (Å²) in [6, 6.07) is 13.3. The fraction of sp³-hybridized carbons (Fsp3) is 0.278. The summed E-state index contributed by atoms with van der Waals surface area (Å²) in [4.78, 5) is 4.34. The van der Waals surface area contributed by atoms with Crippen molar-refractivity contribution in [1.82, 2.24) is 15.4 Å². The number of sulfonamides is 1. The SMILES string of the molecule is CN=C(NCCc1ccccc1F)NCc1ccc(S(=O)(=O)NC)cc1.I. The summed E-state index contributed by atoms with van der Waals surface area (Å²) in [5, 5.41) is 6.27. The van der Waals surface area contributed by atoms with Crippen LogP contribution in [0.1, 0.15) is 11.1 Å². The van der Waals surface area contributed by atoms with Crippen molar-refractivity contribution in [2.45, 2.75) is 17.9 Å². The first-order valence-electron chi connectivity index (χ1n) is 8.16. The highest BCUT2D eigenvalue weighted by molar-refractivity contribution is 14.0. The van der Waals surface area contributed by atoms with Gasteiger partial charge in [-0.3, -0.25) is 4.99 Å². The zero-order valence-corrected chi connectivity index (χ0v) is 18.3. The van der Waals surface area contributed by atoms with Gasteiger partial charge in [0, 0.05) is 20.1 Å². The summed E-state index contributed by atoms with van der Waals surface area (Å²) in [6.07, 6.45) is 0.546. The number of hydrogen-bond acceptors (Lipinski definition) is 3. The van der Waals surface area contributed by atoms with E-state index in [2.05, 4.69) is 20.3 Å². The first kappa shape index (κ1) is 23.3. The van der Waals surface area contributed by atoms with Crippen molar-refractivity contribution in [3.05, 3.63) is 65.5 Å². The van der Waals surface area contributed by atoms with Gasteiger partial charge in [0.05, 0.1) is 4.90 Å². The van der Waals surface area contributed by atoms with E-state index in [0.717, 1.165) is 5.56 Å². The Labute approximate surface area is 176 Å². The molecule has 2 aromatic carbocycles. The van der Waals surface area contributed by atoms with Crippen molar-refractivity contribution < 1.29 is 12.8 Å². The summed E-state index contributed by atoms with van der Waals surface area (Å²) >= 11 is 0. The van der Waals surface area contributed by atoms with Crippen LogP contribution in [0.4, 0.5) is 4.39 Å². The van der Waals surface area contributed by atoms with Gasteiger partial charge in [0.2, 0.25) is 10.0 Å². The average Bonchev–Trinajstić information content (AvgIpc) is 2.66. The lowest BCUT2D eigenvalue weighted by atomic mass is 10.1. The molecule has 0 heterocycles. The molecular weight excluding hydrogens is 482 g/mol. The fourth-order valence-electron chi connectivity index (χ4n) is 2.33. The highest BCUT2D eigenvalue weighted by Crippen LogP contribution is 2.10. The van der Waals surface area contributed by atoms with Crippen molar-refractivity contribution in [2.75, 3.05) is 20.6 Å². The van der Waals surface area contributed by atoms with E-state index < -0.39 is 10.0 Å². The lowest BCUT2D eigenvalue weighted by Gasteiger charge is -2.12. The molecule has 0 aliphatic carbocycles. The molecule has 0 aliphatic rings. The largest absolute Gasteiger partial charge is 0.356 e. The minimum Gasteiger partial charge on any atom is -0.356 e. The lowest BCUT2D eigenvalue weighted by molar-refractivity contribution is 0.588.